The van der Waals surface area contributed by atoms with Gasteiger partial charge >= 0.3 is 0 Å². The Labute approximate surface area is 134 Å². The first-order chi connectivity index (χ1) is 10.7. The SMILES string of the molecule is CC1(CO)CCCC1NC1CCN(Cc2ccccc2)CC1. The minimum absolute atomic E-state index is 0.0984. The molecule has 2 aliphatic rings. The topological polar surface area (TPSA) is 35.5 Å². The third-order valence-electron chi connectivity index (χ3n) is 5.72. The molecule has 2 unspecified atom stereocenters. The fourth-order valence-electron chi connectivity index (χ4n) is 4.09. The van der Waals surface area contributed by atoms with Gasteiger partial charge in [0, 0.05) is 30.7 Å². The van der Waals surface area contributed by atoms with E-state index in [1.165, 1.54) is 44.3 Å². The third kappa shape index (κ3) is 3.70. The Morgan fingerprint density at radius 3 is 2.59 bits per heavy atom. The summed E-state index contributed by atoms with van der Waals surface area (Å²) in [6, 6.07) is 11.9. The third-order valence-corrected chi connectivity index (χ3v) is 5.72. The summed E-state index contributed by atoms with van der Waals surface area (Å²) in [5.41, 5.74) is 1.51. The summed E-state index contributed by atoms with van der Waals surface area (Å²) < 4.78 is 0. The summed E-state index contributed by atoms with van der Waals surface area (Å²) in [5, 5.41) is 13.5. The van der Waals surface area contributed by atoms with Crippen LogP contribution in [0.4, 0.5) is 0 Å². The molecule has 1 aliphatic carbocycles. The highest BCUT2D eigenvalue weighted by Gasteiger charge is 2.39. The van der Waals surface area contributed by atoms with Crippen LogP contribution >= 0.6 is 0 Å². The van der Waals surface area contributed by atoms with Crippen molar-refractivity contribution in [3.05, 3.63) is 35.9 Å². The first-order valence-electron chi connectivity index (χ1n) is 8.83. The summed E-state index contributed by atoms with van der Waals surface area (Å²) >= 11 is 0. The lowest BCUT2D eigenvalue weighted by molar-refractivity contribution is 0.102. The van der Waals surface area contributed by atoms with E-state index >= 15 is 0 Å². The molecule has 2 N–H and O–H groups in total. The minimum atomic E-state index is 0.0984. The van der Waals surface area contributed by atoms with Crippen LogP contribution < -0.4 is 5.32 Å². The van der Waals surface area contributed by atoms with E-state index in [1.54, 1.807) is 0 Å². The average Bonchev–Trinajstić information content (AvgIpc) is 2.92. The number of aliphatic hydroxyl groups excluding tert-OH is 1. The number of likely N-dealkylation sites (tertiary alicyclic amines) is 1. The molecule has 122 valence electrons. The van der Waals surface area contributed by atoms with Crippen molar-refractivity contribution in [1.29, 1.82) is 0 Å². The van der Waals surface area contributed by atoms with Crippen LogP contribution in [0.2, 0.25) is 0 Å². The Balaban J connectivity index is 1.46. The number of aliphatic hydroxyl groups is 1. The number of hydrogen-bond donors (Lipinski definition) is 2. The van der Waals surface area contributed by atoms with Crippen LogP contribution in [0.25, 0.3) is 0 Å². The van der Waals surface area contributed by atoms with Crippen molar-refractivity contribution in [2.24, 2.45) is 5.41 Å². The van der Waals surface area contributed by atoms with E-state index < -0.39 is 0 Å². The molecule has 1 saturated heterocycles. The van der Waals surface area contributed by atoms with E-state index in [0.29, 0.717) is 18.7 Å². The van der Waals surface area contributed by atoms with Crippen molar-refractivity contribution in [2.45, 2.75) is 57.7 Å². The maximum Gasteiger partial charge on any atom is 0.0499 e. The zero-order valence-electron chi connectivity index (χ0n) is 13.8. The lowest BCUT2D eigenvalue weighted by Gasteiger charge is -2.38. The number of nitrogens with one attached hydrogen (secondary N) is 1. The number of rotatable bonds is 5. The smallest absolute Gasteiger partial charge is 0.0499 e. The quantitative estimate of drug-likeness (QED) is 0.878. The Morgan fingerprint density at radius 2 is 1.91 bits per heavy atom. The predicted molar refractivity (Wildman–Crippen MR) is 90.7 cm³/mol. The summed E-state index contributed by atoms with van der Waals surface area (Å²) in [7, 11) is 0. The molecule has 1 aromatic rings. The predicted octanol–water partition coefficient (Wildman–Crippen LogP) is 2.79. The Kier molecular flexibility index (Phi) is 5.17. The Bertz CT molecular complexity index is 456. The molecule has 0 spiro atoms. The average molecular weight is 302 g/mol. The van der Waals surface area contributed by atoms with Crippen LogP contribution in [0, 0.1) is 5.41 Å². The highest BCUT2D eigenvalue weighted by molar-refractivity contribution is 5.14. The van der Waals surface area contributed by atoms with E-state index in [4.69, 9.17) is 0 Å². The van der Waals surface area contributed by atoms with Gasteiger partial charge < -0.3 is 10.4 Å². The summed E-state index contributed by atoms with van der Waals surface area (Å²) in [6.07, 6.45) is 6.09. The molecule has 1 heterocycles. The minimum Gasteiger partial charge on any atom is -0.396 e. The fourth-order valence-corrected chi connectivity index (χ4v) is 4.09. The number of hydrogen-bond acceptors (Lipinski definition) is 3. The van der Waals surface area contributed by atoms with Crippen molar-refractivity contribution in [1.82, 2.24) is 10.2 Å². The maximum absolute atomic E-state index is 9.68. The first-order valence-corrected chi connectivity index (χ1v) is 8.83. The standard InChI is InChI=1S/C19H30N2O/c1-19(15-22)11-5-8-18(19)20-17-9-12-21(13-10-17)14-16-6-3-2-4-7-16/h2-4,6-7,17-18,20,22H,5,8-15H2,1H3. The lowest BCUT2D eigenvalue weighted by atomic mass is 9.85. The van der Waals surface area contributed by atoms with Gasteiger partial charge in [0.05, 0.1) is 0 Å². The van der Waals surface area contributed by atoms with Gasteiger partial charge in [0.25, 0.3) is 0 Å². The molecule has 0 amide bonds. The number of piperidine rings is 1. The summed E-state index contributed by atoms with van der Waals surface area (Å²) in [5.74, 6) is 0. The van der Waals surface area contributed by atoms with Gasteiger partial charge in [-0.05, 0) is 44.3 Å². The summed E-state index contributed by atoms with van der Waals surface area (Å²) in [6.45, 7) is 5.98. The van der Waals surface area contributed by atoms with E-state index in [2.05, 4.69) is 47.5 Å². The lowest BCUT2D eigenvalue weighted by Crippen LogP contribution is -2.50. The van der Waals surface area contributed by atoms with Gasteiger partial charge in [0.2, 0.25) is 0 Å². The van der Waals surface area contributed by atoms with Crippen molar-refractivity contribution < 1.29 is 5.11 Å². The molecule has 22 heavy (non-hydrogen) atoms. The molecule has 0 bridgehead atoms. The molecule has 1 saturated carbocycles. The highest BCUT2D eigenvalue weighted by atomic mass is 16.3. The van der Waals surface area contributed by atoms with Gasteiger partial charge in [-0.15, -0.1) is 0 Å². The normalized spacial score (nSPS) is 30.7. The zero-order chi connectivity index (χ0) is 15.4. The molecule has 1 aliphatic heterocycles. The first kappa shape index (κ1) is 16.0. The molecule has 2 fully saturated rings. The van der Waals surface area contributed by atoms with E-state index in [9.17, 15) is 5.11 Å². The zero-order valence-corrected chi connectivity index (χ0v) is 13.8. The van der Waals surface area contributed by atoms with Crippen LogP contribution in [0.15, 0.2) is 30.3 Å². The highest BCUT2D eigenvalue weighted by Crippen LogP contribution is 2.38. The van der Waals surface area contributed by atoms with Gasteiger partial charge in [-0.1, -0.05) is 43.7 Å². The van der Waals surface area contributed by atoms with Gasteiger partial charge in [-0.2, -0.15) is 0 Å². The van der Waals surface area contributed by atoms with E-state index in [-0.39, 0.29) is 5.41 Å². The molecule has 3 nitrogen and oxygen atoms in total. The second-order valence-corrected chi connectivity index (χ2v) is 7.46. The van der Waals surface area contributed by atoms with Crippen LogP contribution in [-0.4, -0.2) is 41.8 Å². The van der Waals surface area contributed by atoms with E-state index in [1.807, 2.05) is 0 Å². The van der Waals surface area contributed by atoms with Crippen LogP contribution in [0.1, 0.15) is 44.6 Å². The number of nitrogens with zero attached hydrogens (tertiary/aromatic N) is 1. The molecular formula is C19H30N2O. The van der Waals surface area contributed by atoms with Crippen molar-refractivity contribution >= 4 is 0 Å². The number of benzene rings is 1. The second kappa shape index (κ2) is 7.12. The fraction of sp³-hybridized carbons (Fsp3) is 0.684. The van der Waals surface area contributed by atoms with Crippen LogP contribution in [0.3, 0.4) is 0 Å². The molecule has 3 rings (SSSR count). The molecule has 1 aromatic carbocycles. The van der Waals surface area contributed by atoms with Crippen LogP contribution in [-0.2, 0) is 6.54 Å². The van der Waals surface area contributed by atoms with Gasteiger partial charge in [0.1, 0.15) is 0 Å². The molecular weight excluding hydrogens is 272 g/mol. The molecule has 3 heteroatoms. The van der Waals surface area contributed by atoms with Crippen molar-refractivity contribution in [2.75, 3.05) is 19.7 Å². The van der Waals surface area contributed by atoms with Gasteiger partial charge in [0.15, 0.2) is 0 Å². The van der Waals surface area contributed by atoms with Gasteiger partial charge in [-0.25, -0.2) is 0 Å². The molecule has 0 aromatic heterocycles. The molecule has 2 atom stereocenters. The summed E-state index contributed by atoms with van der Waals surface area (Å²) in [4.78, 5) is 2.56. The Hall–Kier alpha value is -0.900. The second-order valence-electron chi connectivity index (χ2n) is 7.46. The Morgan fingerprint density at radius 1 is 1.18 bits per heavy atom. The maximum atomic E-state index is 9.68. The van der Waals surface area contributed by atoms with Crippen LogP contribution in [0.5, 0.6) is 0 Å². The van der Waals surface area contributed by atoms with Gasteiger partial charge in [-0.3, -0.25) is 4.90 Å². The van der Waals surface area contributed by atoms with Crippen molar-refractivity contribution in [3.63, 3.8) is 0 Å². The largest absolute Gasteiger partial charge is 0.396 e. The van der Waals surface area contributed by atoms with Crippen molar-refractivity contribution in [3.8, 4) is 0 Å². The monoisotopic (exact) mass is 302 g/mol. The van der Waals surface area contributed by atoms with E-state index in [0.717, 1.165) is 13.0 Å². The molecule has 0 radical (unpaired) electrons.